The Hall–Kier alpha value is -1.36. The highest BCUT2D eigenvalue weighted by Crippen LogP contribution is 2.19. The van der Waals surface area contributed by atoms with Crippen LogP contribution in [0.15, 0.2) is 4.52 Å². The molecule has 5 heteroatoms. The molecule has 96 valence electrons. The first-order valence-electron chi connectivity index (χ1n) is 5.89. The molecule has 3 N–H and O–H groups in total. The summed E-state index contributed by atoms with van der Waals surface area (Å²) in [5.41, 5.74) is 7.26. The van der Waals surface area contributed by atoms with Gasteiger partial charge in [-0.3, -0.25) is 10.1 Å². The number of aromatic nitrogens is 1. The standard InChI is InChI=1S/C12H21N3O2/c1-7(2)5-10(6-13)11(16)14-12-8(3)9(4)15-17-12/h7,10H,5-6,13H2,1-4H3,(H,14,16). The molecular weight excluding hydrogens is 218 g/mol. The molecule has 0 fully saturated rings. The van der Waals surface area contributed by atoms with E-state index in [0.717, 1.165) is 17.7 Å². The minimum absolute atomic E-state index is 0.0968. The molecule has 5 nitrogen and oxygen atoms in total. The first-order valence-corrected chi connectivity index (χ1v) is 5.89. The average molecular weight is 239 g/mol. The van der Waals surface area contributed by atoms with E-state index in [0.29, 0.717) is 18.3 Å². The number of anilines is 1. The highest BCUT2D eigenvalue weighted by atomic mass is 16.5. The molecule has 1 aromatic rings. The zero-order valence-corrected chi connectivity index (χ0v) is 10.9. The average Bonchev–Trinajstić information content (AvgIpc) is 2.57. The largest absolute Gasteiger partial charge is 0.338 e. The van der Waals surface area contributed by atoms with E-state index < -0.39 is 0 Å². The van der Waals surface area contributed by atoms with Crippen molar-refractivity contribution in [3.05, 3.63) is 11.3 Å². The van der Waals surface area contributed by atoms with Gasteiger partial charge in [-0.05, 0) is 26.2 Å². The van der Waals surface area contributed by atoms with Gasteiger partial charge >= 0.3 is 0 Å². The molecule has 0 saturated heterocycles. The molecule has 0 aliphatic rings. The molecule has 0 saturated carbocycles. The van der Waals surface area contributed by atoms with E-state index in [1.165, 1.54) is 0 Å². The Morgan fingerprint density at radius 1 is 1.47 bits per heavy atom. The minimum atomic E-state index is -0.181. The van der Waals surface area contributed by atoms with E-state index in [1.807, 2.05) is 13.8 Å². The summed E-state index contributed by atoms with van der Waals surface area (Å²) in [4.78, 5) is 12.0. The van der Waals surface area contributed by atoms with Crippen LogP contribution in [0.5, 0.6) is 0 Å². The van der Waals surface area contributed by atoms with Crippen LogP contribution in [0.25, 0.3) is 0 Å². The molecule has 1 heterocycles. The van der Waals surface area contributed by atoms with E-state index in [-0.39, 0.29) is 11.8 Å². The fraction of sp³-hybridized carbons (Fsp3) is 0.667. The Bertz CT molecular complexity index is 385. The summed E-state index contributed by atoms with van der Waals surface area (Å²) in [5, 5.41) is 6.53. The molecule has 1 unspecified atom stereocenters. The van der Waals surface area contributed by atoms with Gasteiger partial charge in [-0.1, -0.05) is 19.0 Å². The fourth-order valence-electron chi connectivity index (χ4n) is 1.63. The lowest BCUT2D eigenvalue weighted by molar-refractivity contribution is -0.120. The predicted molar refractivity (Wildman–Crippen MR) is 66.6 cm³/mol. The third kappa shape index (κ3) is 3.56. The number of hydrogen-bond donors (Lipinski definition) is 2. The van der Waals surface area contributed by atoms with Crippen LogP contribution in [-0.2, 0) is 4.79 Å². The summed E-state index contributed by atoms with van der Waals surface area (Å²) in [6.07, 6.45) is 0.772. The lowest BCUT2D eigenvalue weighted by Gasteiger charge is -2.15. The highest BCUT2D eigenvalue weighted by molar-refractivity contribution is 5.92. The van der Waals surface area contributed by atoms with E-state index >= 15 is 0 Å². The zero-order valence-electron chi connectivity index (χ0n) is 10.9. The van der Waals surface area contributed by atoms with Crippen LogP contribution in [0.1, 0.15) is 31.5 Å². The molecule has 1 atom stereocenters. The molecule has 1 amide bonds. The number of nitrogens with zero attached hydrogens (tertiary/aromatic N) is 1. The number of carbonyl (C=O) groups excluding carboxylic acids is 1. The molecule has 0 radical (unpaired) electrons. The van der Waals surface area contributed by atoms with Gasteiger partial charge < -0.3 is 10.3 Å². The van der Waals surface area contributed by atoms with Gasteiger partial charge in [0.25, 0.3) is 0 Å². The molecule has 0 spiro atoms. The lowest BCUT2D eigenvalue weighted by Crippen LogP contribution is -2.30. The molecule has 1 rings (SSSR count). The van der Waals surface area contributed by atoms with Crippen LogP contribution in [0.3, 0.4) is 0 Å². The second-order valence-corrected chi connectivity index (χ2v) is 4.77. The summed E-state index contributed by atoms with van der Waals surface area (Å²) in [5.74, 6) is 0.585. The molecule has 0 aromatic carbocycles. The second kappa shape index (κ2) is 5.82. The normalized spacial score (nSPS) is 12.8. The first-order chi connectivity index (χ1) is 7.95. The molecule has 1 aromatic heterocycles. The first kappa shape index (κ1) is 13.7. The van der Waals surface area contributed by atoms with Crippen LogP contribution in [-0.4, -0.2) is 17.6 Å². The van der Waals surface area contributed by atoms with Crippen molar-refractivity contribution in [2.24, 2.45) is 17.6 Å². The predicted octanol–water partition coefficient (Wildman–Crippen LogP) is 1.85. The second-order valence-electron chi connectivity index (χ2n) is 4.77. The van der Waals surface area contributed by atoms with Crippen molar-refractivity contribution < 1.29 is 9.32 Å². The Kier molecular flexibility index (Phi) is 4.69. The lowest BCUT2D eigenvalue weighted by atomic mass is 9.96. The van der Waals surface area contributed by atoms with Crippen molar-refractivity contribution in [1.29, 1.82) is 0 Å². The van der Waals surface area contributed by atoms with Gasteiger partial charge in [0.2, 0.25) is 11.8 Å². The Morgan fingerprint density at radius 3 is 2.53 bits per heavy atom. The number of hydrogen-bond acceptors (Lipinski definition) is 4. The van der Waals surface area contributed by atoms with Gasteiger partial charge in [0, 0.05) is 12.1 Å². The van der Waals surface area contributed by atoms with Gasteiger partial charge in [0.05, 0.1) is 11.6 Å². The van der Waals surface area contributed by atoms with Crippen molar-refractivity contribution in [1.82, 2.24) is 5.16 Å². The summed E-state index contributed by atoms with van der Waals surface area (Å²) in [6, 6.07) is 0. The van der Waals surface area contributed by atoms with Crippen LogP contribution < -0.4 is 11.1 Å². The van der Waals surface area contributed by atoms with E-state index in [4.69, 9.17) is 10.3 Å². The van der Waals surface area contributed by atoms with Crippen molar-refractivity contribution in [2.45, 2.75) is 34.1 Å². The van der Waals surface area contributed by atoms with E-state index in [1.54, 1.807) is 0 Å². The molecular formula is C12H21N3O2. The number of carbonyl (C=O) groups is 1. The number of rotatable bonds is 5. The number of nitrogens with one attached hydrogen (secondary N) is 1. The minimum Gasteiger partial charge on any atom is -0.338 e. The Balaban J connectivity index is 2.67. The zero-order chi connectivity index (χ0) is 13.0. The van der Waals surface area contributed by atoms with Crippen molar-refractivity contribution in [3.63, 3.8) is 0 Å². The van der Waals surface area contributed by atoms with E-state index in [9.17, 15) is 4.79 Å². The van der Waals surface area contributed by atoms with Crippen molar-refractivity contribution in [2.75, 3.05) is 11.9 Å². The Morgan fingerprint density at radius 2 is 2.12 bits per heavy atom. The highest BCUT2D eigenvalue weighted by Gasteiger charge is 2.20. The summed E-state index contributed by atoms with van der Waals surface area (Å²) >= 11 is 0. The monoisotopic (exact) mass is 239 g/mol. The van der Waals surface area contributed by atoms with Gasteiger partial charge in [-0.2, -0.15) is 0 Å². The number of amides is 1. The SMILES string of the molecule is Cc1noc(NC(=O)C(CN)CC(C)C)c1C. The maximum Gasteiger partial charge on any atom is 0.234 e. The van der Waals surface area contributed by atoms with Crippen LogP contribution in [0.4, 0.5) is 5.88 Å². The summed E-state index contributed by atoms with van der Waals surface area (Å²) in [7, 11) is 0. The van der Waals surface area contributed by atoms with Crippen molar-refractivity contribution in [3.8, 4) is 0 Å². The summed E-state index contributed by atoms with van der Waals surface area (Å²) in [6.45, 7) is 8.18. The number of nitrogens with two attached hydrogens (primary N) is 1. The quantitative estimate of drug-likeness (QED) is 0.821. The maximum absolute atomic E-state index is 12.0. The van der Waals surface area contributed by atoms with Gasteiger partial charge in [0.15, 0.2) is 0 Å². The van der Waals surface area contributed by atoms with Crippen LogP contribution in [0, 0.1) is 25.7 Å². The van der Waals surface area contributed by atoms with Gasteiger partial charge in [0.1, 0.15) is 0 Å². The van der Waals surface area contributed by atoms with Crippen LogP contribution >= 0.6 is 0 Å². The molecule has 0 bridgehead atoms. The Labute approximate surface area is 102 Å². The third-order valence-corrected chi connectivity index (χ3v) is 2.81. The van der Waals surface area contributed by atoms with Gasteiger partial charge in [-0.25, -0.2) is 0 Å². The van der Waals surface area contributed by atoms with Crippen LogP contribution in [0.2, 0.25) is 0 Å². The third-order valence-electron chi connectivity index (χ3n) is 2.81. The molecule has 0 aliphatic carbocycles. The van der Waals surface area contributed by atoms with E-state index in [2.05, 4.69) is 24.3 Å². The molecule has 0 aliphatic heterocycles. The molecule has 17 heavy (non-hydrogen) atoms. The number of aryl methyl sites for hydroxylation is 1. The topological polar surface area (TPSA) is 81.2 Å². The van der Waals surface area contributed by atoms with Gasteiger partial charge in [-0.15, -0.1) is 0 Å². The smallest absolute Gasteiger partial charge is 0.234 e. The maximum atomic E-state index is 12.0. The summed E-state index contributed by atoms with van der Waals surface area (Å²) < 4.78 is 5.04. The fourth-order valence-corrected chi connectivity index (χ4v) is 1.63. The van der Waals surface area contributed by atoms with Crippen molar-refractivity contribution >= 4 is 11.8 Å².